The molecule has 168 valence electrons. The van der Waals surface area contributed by atoms with Gasteiger partial charge in [0.25, 0.3) is 5.91 Å². The Morgan fingerprint density at radius 3 is 2.80 bits per heavy atom. The number of imide groups is 1. The van der Waals surface area contributed by atoms with Crippen molar-refractivity contribution >= 4 is 41.9 Å². The second-order valence-electron chi connectivity index (χ2n) is 8.19. The van der Waals surface area contributed by atoms with E-state index in [-0.39, 0.29) is 35.9 Å². The lowest BCUT2D eigenvalue weighted by molar-refractivity contribution is -0.130. The van der Waals surface area contributed by atoms with Gasteiger partial charge in [-0.25, -0.2) is 9.78 Å². The molecule has 0 radical (unpaired) electrons. The first-order chi connectivity index (χ1) is 13.9. The van der Waals surface area contributed by atoms with E-state index in [1.807, 2.05) is 25.6 Å². The molecule has 1 aromatic rings. The van der Waals surface area contributed by atoms with Crippen LogP contribution in [-0.2, 0) is 4.79 Å². The van der Waals surface area contributed by atoms with E-state index in [1.165, 1.54) is 4.90 Å². The number of carbonyl (C=O) groups is 2. The number of aromatic nitrogens is 2. The number of halogens is 1. The van der Waals surface area contributed by atoms with Gasteiger partial charge in [0.2, 0.25) is 0 Å². The lowest BCUT2D eigenvalue weighted by Crippen LogP contribution is -2.49. The van der Waals surface area contributed by atoms with Crippen LogP contribution in [0.25, 0.3) is 0 Å². The Balaban J connectivity index is 0.00000320. The number of likely N-dealkylation sites (tertiary alicyclic amines) is 1. The summed E-state index contributed by atoms with van der Waals surface area (Å²) in [6.45, 7) is 8.84. The van der Waals surface area contributed by atoms with Gasteiger partial charge in [0, 0.05) is 45.6 Å². The summed E-state index contributed by atoms with van der Waals surface area (Å²) in [7, 11) is 1.79. The maximum absolute atomic E-state index is 12.5. The Hall–Kier alpha value is -1.85. The number of imidazole rings is 1. The van der Waals surface area contributed by atoms with Crippen LogP contribution in [0.4, 0.5) is 4.79 Å². The molecule has 30 heavy (non-hydrogen) atoms. The first-order valence-corrected chi connectivity index (χ1v) is 10.5. The van der Waals surface area contributed by atoms with E-state index < -0.39 is 5.54 Å². The summed E-state index contributed by atoms with van der Waals surface area (Å²) in [5.41, 5.74) is -0.770. The van der Waals surface area contributed by atoms with Crippen LogP contribution in [0.15, 0.2) is 23.7 Å². The summed E-state index contributed by atoms with van der Waals surface area (Å²) in [5.74, 6) is 1.30. The third-order valence-corrected chi connectivity index (χ3v) is 6.23. The average molecular weight is 531 g/mol. The van der Waals surface area contributed by atoms with E-state index >= 15 is 0 Å². The number of urea groups is 1. The Morgan fingerprint density at radius 2 is 2.20 bits per heavy atom. The zero-order chi connectivity index (χ0) is 21.0. The van der Waals surface area contributed by atoms with Gasteiger partial charge in [0.15, 0.2) is 5.96 Å². The number of aliphatic imine (C=N–C) groups is 1. The monoisotopic (exact) mass is 531 g/mol. The number of piperidine rings is 1. The molecule has 0 bridgehead atoms. The minimum atomic E-state index is -0.770. The molecule has 0 aromatic carbocycles. The number of hydrogen-bond acceptors (Lipinski definition) is 4. The second kappa shape index (κ2) is 10.5. The molecule has 3 amide bonds. The van der Waals surface area contributed by atoms with Gasteiger partial charge in [-0.15, -0.1) is 24.0 Å². The molecule has 2 saturated heterocycles. The van der Waals surface area contributed by atoms with E-state index in [2.05, 4.69) is 37.0 Å². The summed E-state index contributed by atoms with van der Waals surface area (Å²) >= 11 is 0. The van der Waals surface area contributed by atoms with Gasteiger partial charge in [0.1, 0.15) is 5.54 Å². The van der Waals surface area contributed by atoms with E-state index in [9.17, 15) is 9.59 Å². The van der Waals surface area contributed by atoms with Crippen LogP contribution < -0.4 is 10.6 Å². The highest BCUT2D eigenvalue weighted by Crippen LogP contribution is 2.27. The van der Waals surface area contributed by atoms with Gasteiger partial charge in [-0.2, -0.15) is 0 Å². The number of hydrogen-bond donors (Lipinski definition) is 2. The number of nitrogens with one attached hydrogen (secondary N) is 2. The highest BCUT2D eigenvalue weighted by atomic mass is 127. The third kappa shape index (κ3) is 5.06. The average Bonchev–Trinajstić information content (AvgIpc) is 3.31. The molecular weight excluding hydrogens is 497 g/mol. The highest BCUT2D eigenvalue weighted by Gasteiger charge is 2.45. The Morgan fingerprint density at radius 1 is 1.43 bits per heavy atom. The van der Waals surface area contributed by atoms with Crippen molar-refractivity contribution in [3.8, 4) is 0 Å². The number of rotatable bonds is 6. The zero-order valence-electron chi connectivity index (χ0n) is 18.3. The summed E-state index contributed by atoms with van der Waals surface area (Å²) < 4.78 is 2.17. The SMILES string of the molecule is CCC1(C)NC(=O)N(CCCNC(=NC)N2CCC(C)C(n3ccnc3)C2)C1=O.I. The van der Waals surface area contributed by atoms with Crippen LogP contribution in [-0.4, -0.2) is 76.0 Å². The van der Waals surface area contributed by atoms with E-state index in [0.717, 1.165) is 25.5 Å². The van der Waals surface area contributed by atoms with Gasteiger partial charge in [-0.05, 0) is 32.1 Å². The molecule has 3 atom stereocenters. The topological polar surface area (TPSA) is 94.9 Å². The molecule has 2 fully saturated rings. The molecule has 3 rings (SSSR count). The molecule has 0 aliphatic carbocycles. The Kier molecular flexibility index (Phi) is 8.51. The molecule has 0 saturated carbocycles. The van der Waals surface area contributed by atoms with E-state index in [1.54, 1.807) is 14.0 Å². The molecule has 2 N–H and O–H groups in total. The molecule has 3 unspecified atom stereocenters. The lowest BCUT2D eigenvalue weighted by Gasteiger charge is -2.39. The van der Waals surface area contributed by atoms with Gasteiger partial charge in [0.05, 0.1) is 12.4 Å². The van der Waals surface area contributed by atoms with Crippen LogP contribution in [0.2, 0.25) is 0 Å². The highest BCUT2D eigenvalue weighted by molar-refractivity contribution is 14.0. The normalized spacial score (nSPS) is 27.1. The molecule has 1 aromatic heterocycles. The fourth-order valence-electron chi connectivity index (χ4n) is 4.05. The maximum Gasteiger partial charge on any atom is 0.325 e. The van der Waals surface area contributed by atoms with Crippen LogP contribution in [0.1, 0.15) is 46.1 Å². The van der Waals surface area contributed by atoms with Crippen LogP contribution in [0.5, 0.6) is 0 Å². The third-order valence-electron chi connectivity index (χ3n) is 6.23. The maximum atomic E-state index is 12.5. The minimum absolute atomic E-state index is 0. The number of carbonyl (C=O) groups excluding carboxylic acids is 2. The van der Waals surface area contributed by atoms with Crippen molar-refractivity contribution in [2.75, 3.05) is 33.2 Å². The fourth-order valence-corrected chi connectivity index (χ4v) is 4.05. The van der Waals surface area contributed by atoms with E-state index in [0.29, 0.717) is 37.9 Å². The fraction of sp³-hybridized carbons (Fsp3) is 0.700. The standard InChI is InChI=1S/C20H33N7O2.HI/c1-5-20(3)17(28)27(19(29)24-20)10-6-8-23-18(21-4)25-11-7-15(2)16(13-25)26-12-9-22-14-26;/h9,12,14-16H,5-8,10-11,13H2,1-4H3,(H,21,23)(H,24,29);1H. The van der Waals surface area contributed by atoms with Crippen molar-refractivity contribution in [1.82, 2.24) is 30.0 Å². The van der Waals surface area contributed by atoms with Gasteiger partial charge in [-0.3, -0.25) is 14.7 Å². The smallest absolute Gasteiger partial charge is 0.325 e. The Bertz CT molecular complexity index is 754. The number of nitrogens with zero attached hydrogens (tertiary/aromatic N) is 5. The first-order valence-electron chi connectivity index (χ1n) is 10.5. The quantitative estimate of drug-likeness (QED) is 0.193. The van der Waals surface area contributed by atoms with Gasteiger partial charge >= 0.3 is 6.03 Å². The number of guanidine groups is 1. The molecule has 3 heterocycles. The largest absolute Gasteiger partial charge is 0.356 e. The van der Waals surface area contributed by atoms with Crippen molar-refractivity contribution in [2.24, 2.45) is 10.9 Å². The molecule has 2 aliphatic rings. The van der Waals surface area contributed by atoms with Crippen molar-refractivity contribution in [3.05, 3.63) is 18.7 Å². The first kappa shape index (κ1) is 24.4. The molecule has 9 nitrogen and oxygen atoms in total. The zero-order valence-corrected chi connectivity index (χ0v) is 20.6. The lowest BCUT2D eigenvalue weighted by atomic mass is 9.93. The summed E-state index contributed by atoms with van der Waals surface area (Å²) in [6.07, 6.45) is 8.06. The van der Waals surface area contributed by atoms with Crippen LogP contribution >= 0.6 is 24.0 Å². The van der Waals surface area contributed by atoms with Crippen molar-refractivity contribution in [3.63, 3.8) is 0 Å². The van der Waals surface area contributed by atoms with E-state index in [4.69, 9.17) is 0 Å². The summed E-state index contributed by atoms with van der Waals surface area (Å²) in [4.78, 5) is 36.8. The minimum Gasteiger partial charge on any atom is -0.356 e. The summed E-state index contributed by atoms with van der Waals surface area (Å²) in [6, 6.07) is 0.0689. The second-order valence-corrected chi connectivity index (χ2v) is 8.19. The molecule has 10 heteroatoms. The molecule has 2 aliphatic heterocycles. The predicted molar refractivity (Wildman–Crippen MR) is 127 cm³/mol. The van der Waals surface area contributed by atoms with Crippen molar-refractivity contribution in [1.29, 1.82) is 0 Å². The summed E-state index contributed by atoms with van der Waals surface area (Å²) in [5, 5.41) is 6.18. The van der Waals surface area contributed by atoms with Gasteiger partial charge in [-0.1, -0.05) is 13.8 Å². The van der Waals surface area contributed by atoms with Crippen LogP contribution in [0, 0.1) is 5.92 Å². The molecule has 0 spiro atoms. The van der Waals surface area contributed by atoms with Crippen molar-refractivity contribution in [2.45, 2.75) is 51.6 Å². The predicted octanol–water partition coefficient (Wildman–Crippen LogP) is 2.07. The molecular formula is C20H34IN7O2. The van der Waals surface area contributed by atoms with Crippen LogP contribution in [0.3, 0.4) is 0 Å². The van der Waals surface area contributed by atoms with Gasteiger partial charge < -0.3 is 20.1 Å². The van der Waals surface area contributed by atoms with Crippen molar-refractivity contribution < 1.29 is 9.59 Å². The Labute approximate surface area is 195 Å². The number of amides is 3.